The first-order chi connectivity index (χ1) is 6.06. The van der Waals surface area contributed by atoms with E-state index in [9.17, 15) is 4.79 Å². The maximum atomic E-state index is 10.5. The van der Waals surface area contributed by atoms with E-state index in [1.807, 2.05) is 25.2 Å². The molecule has 0 saturated carbocycles. The van der Waals surface area contributed by atoms with Crippen molar-refractivity contribution in [1.29, 1.82) is 0 Å². The molecule has 74 valence electrons. The Morgan fingerprint density at radius 1 is 1.69 bits per heavy atom. The van der Waals surface area contributed by atoms with Gasteiger partial charge in [0.2, 0.25) is 0 Å². The Kier molecular flexibility index (Phi) is 6.94. The molecule has 0 aromatic heterocycles. The van der Waals surface area contributed by atoms with Crippen LogP contribution in [0.1, 0.15) is 20.3 Å². The van der Waals surface area contributed by atoms with E-state index in [2.05, 4.69) is 29.2 Å². The van der Waals surface area contributed by atoms with Gasteiger partial charge >= 0.3 is 5.97 Å². The standard InChI is InChI=1S/C10H15IO2/c1-4-10(11)7-5-6-8(2)13-9(3)12/h4-6,8,10H,1,7H2,2-3H3. The van der Waals surface area contributed by atoms with Crippen molar-refractivity contribution in [3.8, 4) is 0 Å². The zero-order valence-electron chi connectivity index (χ0n) is 8.00. The lowest BCUT2D eigenvalue weighted by Crippen LogP contribution is -2.08. The molecule has 0 heterocycles. The summed E-state index contributed by atoms with van der Waals surface area (Å²) in [6.07, 6.45) is 6.57. The van der Waals surface area contributed by atoms with Gasteiger partial charge in [-0.15, -0.1) is 6.58 Å². The number of carbonyl (C=O) groups excluding carboxylic acids is 1. The van der Waals surface area contributed by atoms with Gasteiger partial charge in [0.25, 0.3) is 0 Å². The second kappa shape index (κ2) is 7.12. The number of halogens is 1. The van der Waals surface area contributed by atoms with E-state index in [0.717, 1.165) is 6.42 Å². The topological polar surface area (TPSA) is 26.3 Å². The Morgan fingerprint density at radius 3 is 2.77 bits per heavy atom. The van der Waals surface area contributed by atoms with Crippen molar-refractivity contribution in [1.82, 2.24) is 0 Å². The summed E-state index contributed by atoms with van der Waals surface area (Å²) in [4.78, 5) is 10.5. The third kappa shape index (κ3) is 8.02. The van der Waals surface area contributed by atoms with Crippen molar-refractivity contribution >= 4 is 28.6 Å². The smallest absolute Gasteiger partial charge is 0.303 e. The van der Waals surface area contributed by atoms with Crippen molar-refractivity contribution in [2.24, 2.45) is 0 Å². The summed E-state index contributed by atoms with van der Waals surface area (Å²) in [7, 11) is 0. The summed E-state index contributed by atoms with van der Waals surface area (Å²) in [5, 5.41) is 0. The number of rotatable bonds is 5. The molecule has 0 bridgehead atoms. The fraction of sp³-hybridized carbons (Fsp3) is 0.500. The van der Waals surface area contributed by atoms with E-state index < -0.39 is 0 Å². The maximum Gasteiger partial charge on any atom is 0.303 e. The lowest BCUT2D eigenvalue weighted by Gasteiger charge is -2.06. The number of esters is 1. The monoisotopic (exact) mass is 294 g/mol. The molecular formula is C10H15IO2. The van der Waals surface area contributed by atoms with E-state index in [1.165, 1.54) is 6.92 Å². The van der Waals surface area contributed by atoms with Crippen molar-refractivity contribution in [2.75, 3.05) is 0 Å². The molecule has 0 fully saturated rings. The molecule has 0 spiro atoms. The molecule has 0 aromatic rings. The number of allylic oxidation sites excluding steroid dienone is 2. The Labute approximate surface area is 93.2 Å². The van der Waals surface area contributed by atoms with Crippen LogP contribution in [-0.2, 0) is 9.53 Å². The molecule has 0 rings (SSSR count). The first-order valence-electron chi connectivity index (χ1n) is 4.16. The molecule has 2 atom stereocenters. The molecule has 13 heavy (non-hydrogen) atoms. The summed E-state index contributed by atoms with van der Waals surface area (Å²) < 4.78 is 5.35. The SMILES string of the molecule is C=CC(I)CC=CC(C)OC(C)=O. The van der Waals surface area contributed by atoms with Gasteiger partial charge in [-0.25, -0.2) is 0 Å². The summed E-state index contributed by atoms with van der Waals surface area (Å²) in [5.74, 6) is -0.244. The minimum Gasteiger partial charge on any atom is -0.459 e. The number of hydrogen-bond donors (Lipinski definition) is 0. The number of alkyl halides is 1. The molecular weight excluding hydrogens is 279 g/mol. The van der Waals surface area contributed by atoms with Gasteiger partial charge in [0.1, 0.15) is 6.10 Å². The third-order valence-electron chi connectivity index (χ3n) is 1.38. The number of carbonyl (C=O) groups is 1. The second-order valence-electron chi connectivity index (χ2n) is 2.73. The van der Waals surface area contributed by atoms with Crippen LogP contribution in [0.25, 0.3) is 0 Å². The lowest BCUT2D eigenvalue weighted by atomic mass is 10.2. The van der Waals surface area contributed by atoms with E-state index in [0.29, 0.717) is 3.92 Å². The highest BCUT2D eigenvalue weighted by Gasteiger charge is 1.99. The minimum atomic E-state index is -0.244. The van der Waals surface area contributed by atoms with Crippen LogP contribution in [0.2, 0.25) is 0 Å². The first kappa shape index (κ1) is 12.7. The number of hydrogen-bond acceptors (Lipinski definition) is 2. The molecule has 2 nitrogen and oxygen atoms in total. The predicted molar refractivity (Wildman–Crippen MR) is 63.0 cm³/mol. The predicted octanol–water partition coefficient (Wildman–Crippen LogP) is 2.87. The number of ether oxygens (including phenoxy) is 1. The Balaban J connectivity index is 3.70. The van der Waals surface area contributed by atoms with E-state index >= 15 is 0 Å². The third-order valence-corrected chi connectivity index (χ3v) is 2.39. The molecule has 0 amide bonds. The van der Waals surface area contributed by atoms with Crippen LogP contribution in [-0.4, -0.2) is 16.0 Å². The fourth-order valence-corrected chi connectivity index (χ4v) is 1.09. The Bertz CT molecular complexity index is 199. The lowest BCUT2D eigenvalue weighted by molar-refractivity contribution is -0.143. The van der Waals surface area contributed by atoms with Crippen molar-refractivity contribution in [3.63, 3.8) is 0 Å². The zero-order chi connectivity index (χ0) is 10.3. The highest BCUT2D eigenvalue weighted by atomic mass is 127. The molecule has 3 heteroatoms. The van der Waals surface area contributed by atoms with Crippen LogP contribution in [0, 0.1) is 0 Å². The average molecular weight is 294 g/mol. The van der Waals surface area contributed by atoms with E-state index in [4.69, 9.17) is 4.74 Å². The van der Waals surface area contributed by atoms with Crippen molar-refractivity contribution in [2.45, 2.75) is 30.3 Å². The summed E-state index contributed by atoms with van der Waals surface area (Å²) >= 11 is 2.30. The molecule has 0 aliphatic carbocycles. The summed E-state index contributed by atoms with van der Waals surface area (Å²) in [5.41, 5.74) is 0. The van der Waals surface area contributed by atoms with Crippen LogP contribution >= 0.6 is 22.6 Å². The Hall–Kier alpha value is -0.320. The van der Waals surface area contributed by atoms with Gasteiger partial charge < -0.3 is 4.74 Å². The first-order valence-corrected chi connectivity index (χ1v) is 5.41. The highest BCUT2D eigenvalue weighted by Crippen LogP contribution is 2.07. The molecule has 0 N–H and O–H groups in total. The quantitative estimate of drug-likeness (QED) is 0.337. The van der Waals surface area contributed by atoms with Crippen LogP contribution in [0.3, 0.4) is 0 Å². The molecule has 0 aromatic carbocycles. The molecule has 0 aliphatic rings. The normalized spacial score (nSPS) is 15.3. The van der Waals surface area contributed by atoms with Gasteiger partial charge in [0.05, 0.1) is 0 Å². The van der Waals surface area contributed by atoms with E-state index in [1.54, 1.807) is 0 Å². The van der Waals surface area contributed by atoms with E-state index in [-0.39, 0.29) is 12.1 Å². The van der Waals surface area contributed by atoms with Crippen LogP contribution < -0.4 is 0 Å². The van der Waals surface area contributed by atoms with Crippen molar-refractivity contribution in [3.05, 3.63) is 24.8 Å². The van der Waals surface area contributed by atoms with Crippen LogP contribution in [0.5, 0.6) is 0 Å². The molecule has 0 aliphatic heterocycles. The molecule has 0 saturated heterocycles. The minimum absolute atomic E-state index is 0.133. The van der Waals surface area contributed by atoms with Gasteiger partial charge in [-0.3, -0.25) is 4.79 Å². The summed E-state index contributed by atoms with van der Waals surface area (Å²) in [6.45, 7) is 6.93. The Morgan fingerprint density at radius 2 is 2.31 bits per heavy atom. The summed E-state index contributed by atoms with van der Waals surface area (Å²) in [6, 6.07) is 0. The van der Waals surface area contributed by atoms with Gasteiger partial charge in [0, 0.05) is 10.8 Å². The highest BCUT2D eigenvalue weighted by molar-refractivity contribution is 14.1. The largest absolute Gasteiger partial charge is 0.459 e. The average Bonchev–Trinajstić information content (AvgIpc) is 2.02. The second-order valence-corrected chi connectivity index (χ2v) is 4.33. The van der Waals surface area contributed by atoms with Gasteiger partial charge in [-0.2, -0.15) is 0 Å². The van der Waals surface area contributed by atoms with Gasteiger partial charge in [-0.05, 0) is 19.4 Å². The van der Waals surface area contributed by atoms with Gasteiger partial charge in [0.15, 0.2) is 0 Å². The maximum absolute atomic E-state index is 10.5. The molecule has 0 radical (unpaired) electrons. The van der Waals surface area contributed by atoms with Gasteiger partial charge in [-0.1, -0.05) is 34.7 Å². The van der Waals surface area contributed by atoms with Crippen LogP contribution in [0.4, 0.5) is 0 Å². The zero-order valence-corrected chi connectivity index (χ0v) is 10.2. The fourth-order valence-electron chi connectivity index (χ4n) is 0.797. The molecule has 2 unspecified atom stereocenters. The van der Waals surface area contributed by atoms with Crippen molar-refractivity contribution < 1.29 is 9.53 Å². The van der Waals surface area contributed by atoms with Crippen LogP contribution in [0.15, 0.2) is 24.8 Å².